The zero-order chi connectivity index (χ0) is 24.4. The summed E-state index contributed by atoms with van der Waals surface area (Å²) in [6.07, 6.45) is 3.26. The molecule has 3 aromatic rings. The van der Waals surface area contributed by atoms with Gasteiger partial charge in [0.15, 0.2) is 0 Å². The molecule has 1 aromatic heterocycles. The Hall–Kier alpha value is -3.61. The number of carbonyl (C=O) groups excluding carboxylic acids is 2. The van der Waals surface area contributed by atoms with Crippen LogP contribution in [0.4, 0.5) is 4.39 Å². The molecule has 2 amide bonds. The lowest BCUT2D eigenvalue weighted by Gasteiger charge is -2.22. The average molecular weight is 461 g/mol. The molecular formula is C27H29FN4O2. The maximum absolute atomic E-state index is 14.9. The first kappa shape index (κ1) is 23.5. The van der Waals surface area contributed by atoms with E-state index in [1.807, 2.05) is 26.0 Å². The summed E-state index contributed by atoms with van der Waals surface area (Å²) in [4.78, 5) is 34.4. The van der Waals surface area contributed by atoms with Gasteiger partial charge in [-0.2, -0.15) is 0 Å². The Morgan fingerprint density at radius 3 is 2.62 bits per heavy atom. The molecule has 0 bridgehead atoms. The van der Waals surface area contributed by atoms with E-state index in [1.165, 1.54) is 6.07 Å². The third-order valence-corrected chi connectivity index (χ3v) is 6.36. The van der Waals surface area contributed by atoms with Gasteiger partial charge in [0.1, 0.15) is 5.82 Å². The molecule has 0 radical (unpaired) electrons. The Balaban J connectivity index is 1.73. The van der Waals surface area contributed by atoms with Crippen LogP contribution in [-0.4, -0.2) is 28.3 Å². The second-order valence-electron chi connectivity index (χ2n) is 9.29. The molecule has 1 fully saturated rings. The summed E-state index contributed by atoms with van der Waals surface area (Å²) in [6, 6.07) is 10.3. The first-order valence-electron chi connectivity index (χ1n) is 11.5. The maximum atomic E-state index is 14.9. The van der Waals surface area contributed by atoms with Gasteiger partial charge in [-0.3, -0.25) is 19.6 Å². The molecule has 7 heteroatoms. The number of aryl methyl sites for hydroxylation is 2. The molecule has 4 rings (SSSR count). The summed E-state index contributed by atoms with van der Waals surface area (Å²) in [5.74, 6) is -0.804. The Morgan fingerprint density at radius 1 is 1.15 bits per heavy atom. The van der Waals surface area contributed by atoms with Crippen LogP contribution >= 0.6 is 0 Å². The molecule has 0 spiro atoms. The number of carbonyl (C=O) groups is 2. The molecule has 1 aliphatic heterocycles. The second-order valence-corrected chi connectivity index (χ2v) is 9.29. The van der Waals surface area contributed by atoms with E-state index in [2.05, 4.69) is 34.4 Å². The molecule has 0 aliphatic carbocycles. The van der Waals surface area contributed by atoms with Crippen LogP contribution in [0, 0.1) is 31.5 Å². The molecule has 2 atom stereocenters. The van der Waals surface area contributed by atoms with Crippen molar-refractivity contribution in [1.29, 1.82) is 0 Å². The summed E-state index contributed by atoms with van der Waals surface area (Å²) < 4.78 is 14.9. The van der Waals surface area contributed by atoms with Gasteiger partial charge in [0, 0.05) is 23.9 Å². The Bertz CT molecular complexity index is 1220. The highest BCUT2D eigenvalue weighted by atomic mass is 19.1. The molecule has 6 nitrogen and oxygen atoms in total. The van der Waals surface area contributed by atoms with Crippen molar-refractivity contribution in [2.75, 3.05) is 6.54 Å². The van der Waals surface area contributed by atoms with E-state index in [4.69, 9.17) is 0 Å². The van der Waals surface area contributed by atoms with Crippen LogP contribution in [0.25, 0.3) is 11.1 Å². The molecule has 2 aromatic carbocycles. The Labute approximate surface area is 199 Å². The highest BCUT2D eigenvalue weighted by Crippen LogP contribution is 2.37. The van der Waals surface area contributed by atoms with Gasteiger partial charge >= 0.3 is 0 Å². The van der Waals surface area contributed by atoms with Crippen molar-refractivity contribution in [3.63, 3.8) is 0 Å². The monoisotopic (exact) mass is 460 g/mol. The zero-order valence-electron chi connectivity index (χ0n) is 19.9. The van der Waals surface area contributed by atoms with Crippen LogP contribution in [0.1, 0.15) is 52.6 Å². The van der Waals surface area contributed by atoms with Gasteiger partial charge in [0.2, 0.25) is 5.91 Å². The van der Waals surface area contributed by atoms with E-state index in [1.54, 1.807) is 30.6 Å². The lowest BCUT2D eigenvalue weighted by atomic mass is 9.80. The Morgan fingerprint density at radius 2 is 1.94 bits per heavy atom. The number of nitrogens with zero attached hydrogens (tertiary/aromatic N) is 2. The van der Waals surface area contributed by atoms with E-state index >= 15 is 0 Å². The molecule has 2 heterocycles. The standard InChI is InChI=1S/C27H29FN4O2/c1-15(2)23-14-32-27(34)25(23)19-8-18(22-6-5-16(3)7-24(22)28)9-20(10-19)26(33)31-13-21-12-29-17(4)11-30-21/h5-12,15,23,25H,13-14H2,1-4H3,(H,31,33)(H,32,34)/t23?,25-/m0/s1. The fourth-order valence-electron chi connectivity index (χ4n) is 4.42. The largest absolute Gasteiger partial charge is 0.355 e. The van der Waals surface area contributed by atoms with E-state index in [-0.39, 0.29) is 36.0 Å². The molecule has 2 N–H and O–H groups in total. The van der Waals surface area contributed by atoms with Gasteiger partial charge in [-0.15, -0.1) is 0 Å². The van der Waals surface area contributed by atoms with Crippen LogP contribution in [0.2, 0.25) is 0 Å². The van der Waals surface area contributed by atoms with Gasteiger partial charge in [-0.1, -0.05) is 32.0 Å². The minimum absolute atomic E-state index is 0.0680. The van der Waals surface area contributed by atoms with E-state index < -0.39 is 5.92 Å². The first-order valence-corrected chi connectivity index (χ1v) is 11.5. The molecule has 1 unspecified atom stereocenters. The van der Waals surface area contributed by atoms with Crippen LogP contribution in [0.5, 0.6) is 0 Å². The fraction of sp³-hybridized carbons (Fsp3) is 0.333. The topological polar surface area (TPSA) is 84.0 Å². The number of halogens is 1. The third kappa shape index (κ3) is 4.98. The Kier molecular flexibility index (Phi) is 6.72. The first-order chi connectivity index (χ1) is 16.2. The highest BCUT2D eigenvalue weighted by Gasteiger charge is 2.38. The minimum atomic E-state index is -0.400. The number of hydrogen-bond acceptors (Lipinski definition) is 4. The average Bonchev–Trinajstić information content (AvgIpc) is 3.20. The predicted molar refractivity (Wildman–Crippen MR) is 129 cm³/mol. The van der Waals surface area contributed by atoms with Crippen molar-refractivity contribution < 1.29 is 14.0 Å². The van der Waals surface area contributed by atoms with E-state index in [0.717, 1.165) is 11.3 Å². The number of benzene rings is 2. The van der Waals surface area contributed by atoms with Crippen molar-refractivity contribution in [3.05, 3.63) is 82.7 Å². The predicted octanol–water partition coefficient (Wildman–Crippen LogP) is 4.32. The van der Waals surface area contributed by atoms with Crippen molar-refractivity contribution in [2.45, 2.75) is 40.2 Å². The summed E-state index contributed by atoms with van der Waals surface area (Å²) in [5, 5.41) is 5.81. The smallest absolute Gasteiger partial charge is 0.251 e. The summed E-state index contributed by atoms with van der Waals surface area (Å²) >= 11 is 0. The summed E-state index contributed by atoms with van der Waals surface area (Å²) in [6.45, 7) is 8.62. The van der Waals surface area contributed by atoms with Crippen LogP contribution in [0.15, 0.2) is 48.8 Å². The fourth-order valence-corrected chi connectivity index (χ4v) is 4.42. The van der Waals surface area contributed by atoms with Crippen molar-refractivity contribution >= 4 is 11.8 Å². The third-order valence-electron chi connectivity index (χ3n) is 6.36. The minimum Gasteiger partial charge on any atom is -0.355 e. The lowest BCUT2D eigenvalue weighted by Crippen LogP contribution is -2.25. The summed E-state index contributed by atoms with van der Waals surface area (Å²) in [5.41, 5.74) is 4.28. The number of amides is 2. The van der Waals surface area contributed by atoms with Gasteiger partial charge < -0.3 is 10.6 Å². The van der Waals surface area contributed by atoms with E-state index in [9.17, 15) is 14.0 Å². The maximum Gasteiger partial charge on any atom is 0.251 e. The van der Waals surface area contributed by atoms with Gasteiger partial charge in [-0.25, -0.2) is 4.39 Å². The number of aromatic nitrogens is 2. The molecule has 34 heavy (non-hydrogen) atoms. The van der Waals surface area contributed by atoms with Crippen molar-refractivity contribution in [3.8, 4) is 11.1 Å². The molecule has 1 saturated heterocycles. The summed E-state index contributed by atoms with van der Waals surface area (Å²) in [7, 11) is 0. The zero-order valence-corrected chi connectivity index (χ0v) is 19.9. The van der Waals surface area contributed by atoms with Gasteiger partial charge in [-0.05, 0) is 60.6 Å². The highest BCUT2D eigenvalue weighted by molar-refractivity contribution is 5.96. The quantitative estimate of drug-likeness (QED) is 0.574. The normalized spacial score (nSPS) is 17.6. The molecule has 176 valence electrons. The van der Waals surface area contributed by atoms with Gasteiger partial charge in [0.25, 0.3) is 5.91 Å². The van der Waals surface area contributed by atoms with Crippen LogP contribution in [-0.2, 0) is 11.3 Å². The molecule has 0 saturated carbocycles. The molecular weight excluding hydrogens is 431 g/mol. The van der Waals surface area contributed by atoms with Crippen LogP contribution < -0.4 is 10.6 Å². The molecule has 1 aliphatic rings. The van der Waals surface area contributed by atoms with E-state index in [0.29, 0.717) is 34.5 Å². The number of hydrogen-bond donors (Lipinski definition) is 2. The lowest BCUT2D eigenvalue weighted by molar-refractivity contribution is -0.120. The number of rotatable bonds is 6. The van der Waals surface area contributed by atoms with Crippen LogP contribution in [0.3, 0.4) is 0 Å². The second kappa shape index (κ2) is 9.71. The van der Waals surface area contributed by atoms with Crippen molar-refractivity contribution in [1.82, 2.24) is 20.6 Å². The van der Waals surface area contributed by atoms with Gasteiger partial charge in [0.05, 0.1) is 30.0 Å². The number of nitrogens with one attached hydrogen (secondary N) is 2. The SMILES string of the molecule is Cc1ccc(-c2cc(C(=O)NCc3cnc(C)cn3)cc([C@@H]3C(=O)NCC3C(C)C)c2)c(F)c1. The van der Waals surface area contributed by atoms with Crippen molar-refractivity contribution in [2.24, 2.45) is 11.8 Å².